The van der Waals surface area contributed by atoms with Gasteiger partial charge in [0.25, 0.3) is 0 Å². The fourth-order valence-electron chi connectivity index (χ4n) is 5.70. The molecule has 8 heteroatoms. The smallest absolute Gasteiger partial charge is 0.410 e. The first-order valence-electron chi connectivity index (χ1n) is 12.3. The molecule has 1 amide bonds. The number of hydrogen-bond donors (Lipinski definition) is 1. The quantitative estimate of drug-likeness (QED) is 0.464. The van der Waals surface area contributed by atoms with Gasteiger partial charge < -0.3 is 19.6 Å². The van der Waals surface area contributed by atoms with Crippen molar-refractivity contribution in [3.05, 3.63) is 45.9 Å². The molecule has 0 spiro atoms. The van der Waals surface area contributed by atoms with Gasteiger partial charge in [-0.15, -0.1) is 11.3 Å². The largest absolute Gasteiger partial charge is 0.444 e. The molecule has 2 aromatic heterocycles. The van der Waals surface area contributed by atoms with E-state index in [0.29, 0.717) is 24.9 Å². The number of anilines is 1. The molecular weight excluding hydrogens is 482 g/mol. The lowest BCUT2D eigenvalue weighted by molar-refractivity contribution is 0.0292. The summed E-state index contributed by atoms with van der Waals surface area (Å²) in [6.07, 6.45) is 3.71. The minimum absolute atomic E-state index is 0.00652. The van der Waals surface area contributed by atoms with Crippen LogP contribution < -0.4 is 4.90 Å². The van der Waals surface area contributed by atoms with Crippen LogP contribution in [0.25, 0.3) is 21.3 Å². The van der Waals surface area contributed by atoms with E-state index in [2.05, 4.69) is 28.1 Å². The predicted octanol–water partition coefficient (Wildman–Crippen LogP) is 6.04. The average Bonchev–Trinajstić information content (AvgIpc) is 3.22. The van der Waals surface area contributed by atoms with Crippen molar-refractivity contribution in [2.45, 2.75) is 57.8 Å². The van der Waals surface area contributed by atoms with Crippen molar-refractivity contribution in [3.63, 3.8) is 0 Å². The lowest BCUT2D eigenvalue weighted by Crippen LogP contribution is -2.43. The van der Waals surface area contributed by atoms with Crippen LogP contribution in [-0.2, 0) is 11.3 Å². The molecule has 1 aliphatic carbocycles. The van der Waals surface area contributed by atoms with Crippen LogP contribution in [0.15, 0.2) is 30.5 Å². The second-order valence-electron chi connectivity index (χ2n) is 11.0. The van der Waals surface area contributed by atoms with Gasteiger partial charge in [0.15, 0.2) is 0 Å². The van der Waals surface area contributed by atoms with E-state index in [1.165, 1.54) is 17.7 Å². The van der Waals surface area contributed by atoms with Crippen molar-refractivity contribution in [2.75, 3.05) is 24.5 Å². The Kier molecular flexibility index (Phi) is 5.51. The zero-order valence-electron chi connectivity index (χ0n) is 20.3. The summed E-state index contributed by atoms with van der Waals surface area (Å²) in [5.41, 5.74) is 5.18. The van der Waals surface area contributed by atoms with Crippen LogP contribution in [0.5, 0.6) is 0 Å². The number of amides is 1. The molecule has 35 heavy (non-hydrogen) atoms. The summed E-state index contributed by atoms with van der Waals surface area (Å²) in [6, 6.07) is 8.47. The van der Waals surface area contributed by atoms with E-state index in [1.54, 1.807) is 11.3 Å². The molecule has 3 aliphatic rings. The van der Waals surface area contributed by atoms with E-state index in [4.69, 9.17) is 16.3 Å². The van der Waals surface area contributed by atoms with Gasteiger partial charge in [-0.3, -0.25) is 4.98 Å². The summed E-state index contributed by atoms with van der Waals surface area (Å²) in [5, 5.41) is 10.5. The van der Waals surface area contributed by atoms with Crippen LogP contribution in [0.3, 0.4) is 0 Å². The van der Waals surface area contributed by atoms with E-state index >= 15 is 0 Å². The minimum atomic E-state index is -0.501. The molecule has 0 unspecified atom stereocenters. The number of thiophene rings is 1. The van der Waals surface area contributed by atoms with Crippen molar-refractivity contribution in [3.8, 4) is 11.1 Å². The van der Waals surface area contributed by atoms with Gasteiger partial charge in [0.2, 0.25) is 0 Å². The first-order chi connectivity index (χ1) is 16.7. The lowest BCUT2D eigenvalue weighted by Gasteiger charge is -2.38. The normalized spacial score (nSPS) is 23.4. The highest BCUT2D eigenvalue weighted by molar-refractivity contribution is 7.19. The first-order valence-corrected chi connectivity index (χ1v) is 13.5. The third kappa shape index (κ3) is 4.17. The lowest BCUT2D eigenvalue weighted by atomic mass is 9.92. The van der Waals surface area contributed by atoms with Crippen molar-refractivity contribution in [1.82, 2.24) is 9.88 Å². The molecular formula is C27H30ClN3O3S. The van der Waals surface area contributed by atoms with E-state index < -0.39 is 5.60 Å². The molecule has 184 valence electrons. The zero-order valence-corrected chi connectivity index (χ0v) is 21.8. The van der Waals surface area contributed by atoms with Crippen molar-refractivity contribution in [2.24, 2.45) is 5.92 Å². The van der Waals surface area contributed by atoms with Gasteiger partial charge in [-0.05, 0) is 75.3 Å². The monoisotopic (exact) mass is 511 g/mol. The highest BCUT2D eigenvalue weighted by Gasteiger charge is 2.48. The van der Waals surface area contributed by atoms with Gasteiger partial charge in [0.1, 0.15) is 5.60 Å². The summed E-state index contributed by atoms with van der Waals surface area (Å²) in [5.74, 6) is 1.19. The van der Waals surface area contributed by atoms with Gasteiger partial charge in [-0.2, -0.15) is 0 Å². The van der Waals surface area contributed by atoms with Crippen molar-refractivity contribution in [1.29, 1.82) is 0 Å². The second-order valence-corrected chi connectivity index (χ2v) is 12.5. The Balaban J connectivity index is 1.41. The highest BCUT2D eigenvalue weighted by atomic mass is 35.5. The van der Waals surface area contributed by atoms with E-state index in [1.807, 2.05) is 37.9 Å². The molecule has 2 fully saturated rings. The Labute approximate surface area is 214 Å². The van der Waals surface area contributed by atoms with E-state index in [0.717, 1.165) is 44.2 Å². The fraction of sp³-hybridized carbons (Fsp3) is 0.481. The molecule has 1 saturated carbocycles. The molecule has 6 rings (SSSR count). The Hall–Kier alpha value is -2.35. The molecule has 2 aliphatic heterocycles. The molecule has 0 radical (unpaired) electrons. The fourth-order valence-corrected chi connectivity index (χ4v) is 6.93. The summed E-state index contributed by atoms with van der Waals surface area (Å²) >= 11 is 8.28. The Bertz CT molecular complexity index is 1320. The second kappa shape index (κ2) is 8.36. The van der Waals surface area contributed by atoms with Gasteiger partial charge in [-0.1, -0.05) is 11.6 Å². The predicted molar refractivity (Wildman–Crippen MR) is 140 cm³/mol. The Morgan fingerprint density at radius 3 is 2.86 bits per heavy atom. The number of likely N-dealkylation sites (tertiary alicyclic amines) is 1. The summed E-state index contributed by atoms with van der Waals surface area (Å²) < 4.78 is 6.72. The maximum Gasteiger partial charge on any atom is 0.410 e. The number of benzene rings is 1. The average molecular weight is 512 g/mol. The Morgan fingerprint density at radius 1 is 1.26 bits per heavy atom. The minimum Gasteiger partial charge on any atom is -0.444 e. The number of ether oxygens (including phenoxy) is 1. The molecule has 4 heterocycles. The van der Waals surface area contributed by atoms with Crippen LogP contribution in [0, 0.1) is 5.92 Å². The topological polar surface area (TPSA) is 65.9 Å². The van der Waals surface area contributed by atoms with Crippen LogP contribution in [-0.4, -0.2) is 52.4 Å². The van der Waals surface area contributed by atoms with E-state index in [-0.39, 0.29) is 18.7 Å². The van der Waals surface area contributed by atoms with Gasteiger partial charge in [-0.25, -0.2) is 4.79 Å². The highest BCUT2D eigenvalue weighted by Crippen LogP contribution is 2.58. The van der Waals surface area contributed by atoms with Crippen molar-refractivity contribution < 1.29 is 14.6 Å². The third-order valence-electron chi connectivity index (χ3n) is 7.31. The number of rotatable bonds is 3. The van der Waals surface area contributed by atoms with Gasteiger partial charge >= 0.3 is 6.09 Å². The summed E-state index contributed by atoms with van der Waals surface area (Å²) in [7, 11) is 0. The number of aliphatic hydroxyl groups excluding tert-OH is 1. The van der Waals surface area contributed by atoms with E-state index in [9.17, 15) is 9.90 Å². The van der Waals surface area contributed by atoms with Gasteiger partial charge in [0.05, 0.1) is 16.8 Å². The number of carbonyl (C=O) groups is 1. The number of fused-ring (bicyclic) bond motifs is 4. The Morgan fingerprint density at radius 2 is 2.09 bits per heavy atom. The van der Waals surface area contributed by atoms with Crippen LogP contribution in [0.2, 0.25) is 5.02 Å². The maximum absolute atomic E-state index is 12.8. The molecule has 1 saturated heterocycles. The summed E-state index contributed by atoms with van der Waals surface area (Å²) in [4.78, 5) is 22.6. The summed E-state index contributed by atoms with van der Waals surface area (Å²) in [6.45, 7) is 8.09. The SMILES string of the molecule is CC(C)(C)OC(=O)N1CC[C@H](N2C[C@H]3C[C@H]3c3cc(Cl)cc(-c4ccnc5cc(CO)sc45)c32)C1. The number of aliphatic hydroxyl groups is 1. The van der Waals surface area contributed by atoms with Crippen molar-refractivity contribution >= 4 is 44.9 Å². The number of hydrogen-bond acceptors (Lipinski definition) is 6. The number of pyridine rings is 1. The van der Waals surface area contributed by atoms with Crippen LogP contribution in [0.1, 0.15) is 50.0 Å². The first kappa shape index (κ1) is 23.1. The maximum atomic E-state index is 12.8. The zero-order chi connectivity index (χ0) is 24.5. The van der Waals surface area contributed by atoms with Crippen LogP contribution in [0.4, 0.5) is 10.5 Å². The molecule has 1 aromatic carbocycles. The van der Waals surface area contributed by atoms with Gasteiger partial charge in [0, 0.05) is 58.6 Å². The molecule has 3 aromatic rings. The number of aromatic nitrogens is 1. The standard InChI is InChI=1S/C27H30ClN3O3S/c1-27(2,3)34-26(33)30-7-5-17(13-30)31-12-15-8-20(15)22-10-16(28)9-21(24(22)31)19-4-6-29-23-11-18(14-32)35-25(19)23/h4,6,9-11,15,17,20,32H,5,7-8,12-14H2,1-3H3/t15-,17+,20-/m1/s1. The third-order valence-corrected chi connectivity index (χ3v) is 8.67. The number of halogens is 1. The van der Waals surface area contributed by atoms with Crippen LogP contribution >= 0.6 is 22.9 Å². The molecule has 3 atom stereocenters. The number of carbonyl (C=O) groups excluding carboxylic acids is 1. The molecule has 0 bridgehead atoms. The number of nitrogens with zero attached hydrogens (tertiary/aromatic N) is 3. The molecule has 6 nitrogen and oxygen atoms in total. The molecule has 1 N–H and O–H groups in total.